The first-order valence-electron chi connectivity index (χ1n) is 6.56. The van der Waals surface area contributed by atoms with Crippen molar-refractivity contribution in [2.75, 3.05) is 13.2 Å². The summed E-state index contributed by atoms with van der Waals surface area (Å²) >= 11 is 6.12. The average molecular weight is 282 g/mol. The number of carboxylic acids is 1. The van der Waals surface area contributed by atoms with Gasteiger partial charge in [-0.1, -0.05) is 11.6 Å². The Morgan fingerprint density at radius 2 is 2.37 bits per heavy atom. The molecule has 3 rings (SSSR count). The summed E-state index contributed by atoms with van der Waals surface area (Å²) in [7, 11) is 0. The van der Waals surface area contributed by atoms with Gasteiger partial charge >= 0.3 is 5.97 Å². The van der Waals surface area contributed by atoms with E-state index in [9.17, 15) is 9.90 Å². The minimum Gasteiger partial charge on any atom is -0.493 e. The highest BCUT2D eigenvalue weighted by Gasteiger charge is 2.31. The molecule has 0 radical (unpaired) electrons. The standard InChI is InChI=1S/C14H16ClNO3/c15-11-6-9-3-5-19-13(9)10(7-11)8-16-4-1-2-12(16)14(17)18/h6-7,12H,1-5,8H2,(H,17,18)/t12-/m1/s1. The van der Waals surface area contributed by atoms with Gasteiger partial charge in [-0.05, 0) is 37.1 Å². The normalized spacial score (nSPS) is 22.3. The minimum atomic E-state index is -0.739. The lowest BCUT2D eigenvalue weighted by molar-refractivity contribution is -0.142. The third-order valence-corrected chi connectivity index (χ3v) is 4.07. The molecular weight excluding hydrogens is 266 g/mol. The molecule has 2 aliphatic heterocycles. The highest BCUT2D eigenvalue weighted by molar-refractivity contribution is 6.30. The third-order valence-electron chi connectivity index (χ3n) is 3.85. The average Bonchev–Trinajstić information content (AvgIpc) is 2.96. The van der Waals surface area contributed by atoms with Crippen LogP contribution in [0.3, 0.4) is 0 Å². The van der Waals surface area contributed by atoms with Crippen molar-refractivity contribution in [1.29, 1.82) is 0 Å². The fourth-order valence-corrected chi connectivity index (χ4v) is 3.24. The molecule has 0 spiro atoms. The maximum absolute atomic E-state index is 11.2. The fraction of sp³-hybridized carbons (Fsp3) is 0.500. The number of likely N-dealkylation sites (tertiary alicyclic amines) is 1. The smallest absolute Gasteiger partial charge is 0.320 e. The Hall–Kier alpha value is -1.26. The Bertz CT molecular complexity index is 518. The van der Waals surface area contributed by atoms with Gasteiger partial charge in [0.2, 0.25) is 0 Å². The van der Waals surface area contributed by atoms with E-state index >= 15 is 0 Å². The van der Waals surface area contributed by atoms with Crippen molar-refractivity contribution >= 4 is 17.6 Å². The molecule has 102 valence electrons. The number of benzene rings is 1. The van der Waals surface area contributed by atoms with Gasteiger partial charge in [-0.3, -0.25) is 9.69 Å². The van der Waals surface area contributed by atoms with Gasteiger partial charge in [0.1, 0.15) is 11.8 Å². The molecule has 0 saturated carbocycles. The van der Waals surface area contributed by atoms with Crippen molar-refractivity contribution < 1.29 is 14.6 Å². The zero-order valence-corrected chi connectivity index (χ0v) is 11.3. The van der Waals surface area contributed by atoms with Crippen molar-refractivity contribution in [3.8, 4) is 5.75 Å². The lowest BCUT2D eigenvalue weighted by Crippen LogP contribution is -2.35. The highest BCUT2D eigenvalue weighted by Crippen LogP contribution is 2.34. The Kier molecular flexibility index (Phi) is 3.37. The zero-order chi connectivity index (χ0) is 13.4. The molecule has 1 N–H and O–H groups in total. The second-order valence-corrected chi connectivity index (χ2v) is 5.55. The number of hydrogen-bond acceptors (Lipinski definition) is 3. The van der Waals surface area contributed by atoms with E-state index in [4.69, 9.17) is 16.3 Å². The van der Waals surface area contributed by atoms with Crippen LogP contribution >= 0.6 is 11.6 Å². The highest BCUT2D eigenvalue weighted by atomic mass is 35.5. The summed E-state index contributed by atoms with van der Waals surface area (Å²) in [5.74, 6) is 0.164. The van der Waals surface area contributed by atoms with Crippen molar-refractivity contribution in [3.05, 3.63) is 28.3 Å². The summed E-state index contributed by atoms with van der Waals surface area (Å²) in [6, 6.07) is 3.45. The van der Waals surface area contributed by atoms with Crippen LogP contribution in [0.1, 0.15) is 24.0 Å². The summed E-state index contributed by atoms with van der Waals surface area (Å²) in [4.78, 5) is 13.2. The molecule has 0 amide bonds. The second-order valence-electron chi connectivity index (χ2n) is 5.12. The maximum atomic E-state index is 11.2. The van der Waals surface area contributed by atoms with Crippen molar-refractivity contribution in [1.82, 2.24) is 4.90 Å². The predicted molar refractivity (Wildman–Crippen MR) is 71.7 cm³/mol. The molecule has 1 saturated heterocycles. The number of aliphatic carboxylic acids is 1. The SMILES string of the molecule is O=C(O)[C@H]1CCCN1Cc1cc(Cl)cc2c1OCC2. The summed E-state index contributed by atoms with van der Waals surface area (Å²) in [5, 5.41) is 9.91. The van der Waals surface area contributed by atoms with Crippen LogP contribution < -0.4 is 4.74 Å². The number of rotatable bonds is 3. The summed E-state index contributed by atoms with van der Waals surface area (Å²) in [6.07, 6.45) is 2.53. The Morgan fingerprint density at radius 1 is 1.53 bits per heavy atom. The molecular formula is C14H16ClNO3. The van der Waals surface area contributed by atoms with Crippen LogP contribution in [0.5, 0.6) is 5.75 Å². The molecule has 1 fully saturated rings. The number of carboxylic acid groups (broad SMARTS) is 1. The molecule has 5 heteroatoms. The Morgan fingerprint density at radius 3 is 3.16 bits per heavy atom. The second kappa shape index (κ2) is 5.02. The quantitative estimate of drug-likeness (QED) is 0.924. The van der Waals surface area contributed by atoms with Gasteiger partial charge in [0.15, 0.2) is 0 Å². The van der Waals surface area contributed by atoms with Gasteiger partial charge in [-0.15, -0.1) is 0 Å². The number of hydrogen-bond donors (Lipinski definition) is 1. The molecule has 0 aromatic heterocycles. The summed E-state index contributed by atoms with van der Waals surface area (Å²) in [6.45, 7) is 2.10. The molecule has 1 aromatic carbocycles. The van der Waals surface area contributed by atoms with E-state index in [1.54, 1.807) is 0 Å². The van der Waals surface area contributed by atoms with Crippen LogP contribution in [-0.2, 0) is 17.8 Å². The minimum absolute atomic E-state index is 0.379. The van der Waals surface area contributed by atoms with Crippen LogP contribution in [0.4, 0.5) is 0 Å². The molecule has 1 aromatic rings. The molecule has 0 aliphatic carbocycles. The van der Waals surface area contributed by atoms with E-state index in [1.807, 2.05) is 17.0 Å². The van der Waals surface area contributed by atoms with Gasteiger partial charge in [-0.2, -0.15) is 0 Å². The topological polar surface area (TPSA) is 49.8 Å². The lowest BCUT2D eigenvalue weighted by Gasteiger charge is -2.22. The lowest BCUT2D eigenvalue weighted by atomic mass is 10.1. The van der Waals surface area contributed by atoms with Gasteiger partial charge in [0, 0.05) is 23.6 Å². The first-order valence-corrected chi connectivity index (χ1v) is 6.94. The molecule has 4 nitrogen and oxygen atoms in total. The van der Waals surface area contributed by atoms with E-state index in [1.165, 1.54) is 0 Å². The monoisotopic (exact) mass is 281 g/mol. The van der Waals surface area contributed by atoms with Gasteiger partial charge in [-0.25, -0.2) is 0 Å². The van der Waals surface area contributed by atoms with Crippen LogP contribution in [0, 0.1) is 0 Å². The van der Waals surface area contributed by atoms with Crippen LogP contribution in [0.25, 0.3) is 0 Å². The molecule has 1 atom stereocenters. The van der Waals surface area contributed by atoms with Gasteiger partial charge < -0.3 is 9.84 Å². The van der Waals surface area contributed by atoms with Gasteiger partial charge in [0.05, 0.1) is 6.61 Å². The van der Waals surface area contributed by atoms with E-state index in [-0.39, 0.29) is 6.04 Å². The van der Waals surface area contributed by atoms with E-state index in [2.05, 4.69) is 0 Å². The zero-order valence-electron chi connectivity index (χ0n) is 10.6. The number of ether oxygens (including phenoxy) is 1. The fourth-order valence-electron chi connectivity index (χ4n) is 2.98. The van der Waals surface area contributed by atoms with Crippen molar-refractivity contribution in [3.63, 3.8) is 0 Å². The first-order chi connectivity index (χ1) is 9.15. The van der Waals surface area contributed by atoms with Crippen LogP contribution in [-0.4, -0.2) is 35.2 Å². The van der Waals surface area contributed by atoms with Crippen LogP contribution in [0.2, 0.25) is 5.02 Å². The number of carbonyl (C=O) groups is 1. The van der Waals surface area contributed by atoms with E-state index < -0.39 is 5.97 Å². The summed E-state index contributed by atoms with van der Waals surface area (Å²) < 4.78 is 5.66. The van der Waals surface area contributed by atoms with Gasteiger partial charge in [0.25, 0.3) is 0 Å². The first kappa shape index (κ1) is 12.8. The molecule has 19 heavy (non-hydrogen) atoms. The largest absolute Gasteiger partial charge is 0.493 e. The molecule has 0 bridgehead atoms. The summed E-state index contributed by atoms with van der Waals surface area (Å²) in [5.41, 5.74) is 2.14. The van der Waals surface area contributed by atoms with E-state index in [0.717, 1.165) is 42.7 Å². The Labute approximate surface area is 116 Å². The van der Waals surface area contributed by atoms with Crippen molar-refractivity contribution in [2.45, 2.75) is 31.8 Å². The maximum Gasteiger partial charge on any atom is 0.320 e. The van der Waals surface area contributed by atoms with Crippen LogP contribution in [0.15, 0.2) is 12.1 Å². The third kappa shape index (κ3) is 2.42. The predicted octanol–water partition coefficient (Wildman–Crippen LogP) is 2.32. The number of nitrogens with zero attached hydrogens (tertiary/aromatic N) is 1. The molecule has 0 unspecified atom stereocenters. The number of halogens is 1. The molecule has 2 aliphatic rings. The molecule has 2 heterocycles. The number of fused-ring (bicyclic) bond motifs is 1. The Balaban J connectivity index is 1.85. The van der Waals surface area contributed by atoms with Crippen molar-refractivity contribution in [2.24, 2.45) is 0 Å². The van der Waals surface area contributed by atoms with E-state index in [0.29, 0.717) is 18.2 Å².